The van der Waals surface area contributed by atoms with E-state index in [0.717, 1.165) is 0 Å². The van der Waals surface area contributed by atoms with Gasteiger partial charge in [0, 0.05) is 61.4 Å². The van der Waals surface area contributed by atoms with Gasteiger partial charge >= 0.3 is 0 Å². The Hall–Kier alpha value is -0.500. The lowest BCUT2D eigenvalue weighted by Crippen LogP contribution is -1.93. The molecule has 298 valence electrons. The molecule has 0 bridgehead atoms. The summed E-state index contributed by atoms with van der Waals surface area (Å²) in [6.07, 6.45) is 21.3. The molecule has 1 aromatic carbocycles. The van der Waals surface area contributed by atoms with Gasteiger partial charge in [0.05, 0.1) is 0 Å². The van der Waals surface area contributed by atoms with Gasteiger partial charge < -0.3 is 0 Å². The average Bonchev–Trinajstić information content (AvgIpc) is 3.92. The van der Waals surface area contributed by atoms with E-state index in [0.29, 0.717) is 11.8 Å². The topological polar surface area (TPSA) is 0 Å². The van der Waals surface area contributed by atoms with Crippen LogP contribution in [0.2, 0.25) is 0 Å². The predicted octanol–water partition coefficient (Wildman–Crippen LogP) is 18.7. The van der Waals surface area contributed by atoms with Gasteiger partial charge in [0.2, 0.25) is 0 Å². The van der Waals surface area contributed by atoms with Crippen molar-refractivity contribution in [3.8, 4) is 20.9 Å². The van der Waals surface area contributed by atoms with E-state index in [2.05, 4.69) is 149 Å². The highest BCUT2D eigenvalue weighted by Gasteiger charge is 2.36. The first-order chi connectivity index (χ1) is 26.3. The van der Waals surface area contributed by atoms with Gasteiger partial charge in [0.25, 0.3) is 0 Å². The molecule has 2 heterocycles. The van der Waals surface area contributed by atoms with Gasteiger partial charge in [-0.2, -0.15) is 0 Å². The molecule has 0 fully saturated rings. The van der Waals surface area contributed by atoms with Gasteiger partial charge in [0.1, 0.15) is 0 Å². The number of thioether (sulfide) groups is 4. The fourth-order valence-corrected chi connectivity index (χ4v) is 15.1. The number of fused-ring (bicyclic) bond motifs is 6. The SMILES string of the molecule is CCCCCCSC(SCCCCCC)=C1c2cc3c(cc2-c2sc(C(C)C)cc21)C(=C(SCCCCCC)SCCCCCC)c1cc(C(C)C)sc1-3. The van der Waals surface area contributed by atoms with Crippen molar-refractivity contribution in [2.24, 2.45) is 0 Å². The number of hydrogen-bond acceptors (Lipinski definition) is 6. The molecule has 0 amide bonds. The molecule has 2 aliphatic rings. The maximum atomic E-state index is 2.68. The molecule has 3 aromatic rings. The van der Waals surface area contributed by atoms with Crippen LogP contribution in [0, 0.1) is 0 Å². The summed E-state index contributed by atoms with van der Waals surface area (Å²) in [6, 6.07) is 10.5. The highest BCUT2D eigenvalue weighted by molar-refractivity contribution is 8.22. The third-order valence-electron chi connectivity index (χ3n) is 10.7. The lowest BCUT2D eigenvalue weighted by Gasteiger charge is -2.16. The van der Waals surface area contributed by atoms with E-state index < -0.39 is 0 Å². The first-order valence-electron chi connectivity index (χ1n) is 21.8. The van der Waals surface area contributed by atoms with Crippen LogP contribution in [0.4, 0.5) is 0 Å². The molecule has 2 aliphatic carbocycles. The predicted molar refractivity (Wildman–Crippen MR) is 260 cm³/mol. The molecule has 0 saturated heterocycles. The smallest absolute Gasteiger partial charge is 0.0486 e. The van der Waals surface area contributed by atoms with Crippen LogP contribution in [0.1, 0.15) is 202 Å². The molecule has 0 saturated carbocycles. The number of benzene rings is 1. The largest absolute Gasteiger partial charge is 0.139 e. The molecule has 54 heavy (non-hydrogen) atoms. The fourth-order valence-electron chi connectivity index (χ4n) is 7.43. The van der Waals surface area contributed by atoms with Gasteiger partial charge in [-0.15, -0.1) is 69.7 Å². The number of thiophene rings is 2. The first kappa shape index (κ1) is 44.6. The third kappa shape index (κ3) is 11.4. The zero-order valence-electron chi connectivity index (χ0n) is 35.1. The van der Waals surface area contributed by atoms with Crippen molar-refractivity contribution >= 4 is 80.9 Å². The lowest BCUT2D eigenvalue weighted by molar-refractivity contribution is 0.706. The minimum atomic E-state index is 0.545. The second-order valence-electron chi connectivity index (χ2n) is 16.0. The van der Waals surface area contributed by atoms with Crippen LogP contribution in [-0.2, 0) is 0 Å². The van der Waals surface area contributed by atoms with E-state index in [-0.39, 0.29) is 0 Å². The van der Waals surface area contributed by atoms with Gasteiger partial charge in [-0.05, 0) is 95.9 Å². The van der Waals surface area contributed by atoms with Crippen molar-refractivity contribution in [1.82, 2.24) is 0 Å². The fraction of sp³-hybridized carbons (Fsp3) is 0.625. The molecule has 0 atom stereocenters. The monoisotopic (exact) mass is 838 g/mol. The van der Waals surface area contributed by atoms with Gasteiger partial charge in [-0.25, -0.2) is 0 Å². The highest BCUT2D eigenvalue weighted by atomic mass is 32.2. The molecule has 0 unspecified atom stereocenters. The normalized spacial score (nSPS) is 13.0. The molecule has 0 radical (unpaired) electrons. The molecular formula is C48H70S6. The second kappa shape index (κ2) is 23.2. The minimum Gasteiger partial charge on any atom is -0.139 e. The standard InChI is InChI=1S/C48H70S6/c1-9-13-17-21-25-49-47(50-26-22-18-14-10-2)43-35-29-38-36(30-37(35)45-39(43)31-41(53-45)33(5)6)44(40-32-42(34(7)8)54-46(38)40)48(51-27-23-19-15-11-3)52-28-24-20-16-12-4/h29-34H,9-28H2,1-8H3. The summed E-state index contributed by atoms with van der Waals surface area (Å²) in [4.78, 5) is 6.12. The molecule has 6 heteroatoms. The molecule has 2 aromatic heterocycles. The van der Waals surface area contributed by atoms with E-state index in [1.807, 2.05) is 0 Å². The van der Waals surface area contributed by atoms with Crippen LogP contribution in [0.3, 0.4) is 0 Å². The summed E-state index contributed by atoms with van der Waals surface area (Å²) in [5.74, 6) is 6.00. The third-order valence-corrected chi connectivity index (χ3v) is 18.9. The van der Waals surface area contributed by atoms with E-state index in [1.165, 1.54) is 179 Å². The summed E-state index contributed by atoms with van der Waals surface area (Å²) in [7, 11) is 0. The van der Waals surface area contributed by atoms with Crippen LogP contribution in [0.25, 0.3) is 32.0 Å². The zero-order valence-corrected chi connectivity index (χ0v) is 40.0. The number of rotatable bonds is 26. The zero-order chi connectivity index (χ0) is 38.5. The molecule has 0 aliphatic heterocycles. The summed E-state index contributed by atoms with van der Waals surface area (Å²) in [6.45, 7) is 18.8. The molecule has 5 rings (SSSR count). The lowest BCUT2D eigenvalue weighted by atomic mass is 9.98. The van der Waals surface area contributed by atoms with Gasteiger partial charge in [-0.1, -0.05) is 132 Å². The second-order valence-corrected chi connectivity index (χ2v) is 23.1. The van der Waals surface area contributed by atoms with Crippen molar-refractivity contribution in [3.63, 3.8) is 0 Å². The molecule has 0 spiro atoms. The Morgan fingerprint density at radius 1 is 0.407 bits per heavy atom. The van der Waals surface area contributed by atoms with E-state index >= 15 is 0 Å². The summed E-state index contributed by atoms with van der Waals surface area (Å²) >= 11 is 12.8. The van der Waals surface area contributed by atoms with Crippen molar-refractivity contribution in [1.29, 1.82) is 0 Å². The van der Waals surface area contributed by atoms with E-state index in [1.54, 1.807) is 19.6 Å². The number of hydrogen-bond donors (Lipinski definition) is 0. The molecule has 0 nitrogen and oxygen atoms in total. The average molecular weight is 839 g/mol. The maximum absolute atomic E-state index is 2.68. The van der Waals surface area contributed by atoms with Crippen molar-refractivity contribution in [3.05, 3.63) is 64.7 Å². The minimum absolute atomic E-state index is 0.545. The van der Waals surface area contributed by atoms with Gasteiger partial charge in [-0.3, -0.25) is 0 Å². The Morgan fingerprint density at radius 2 is 0.722 bits per heavy atom. The Balaban J connectivity index is 1.66. The van der Waals surface area contributed by atoms with Crippen LogP contribution in [0.15, 0.2) is 32.7 Å². The van der Waals surface area contributed by atoms with Crippen LogP contribution < -0.4 is 0 Å². The molecule has 0 N–H and O–H groups in total. The number of unbranched alkanes of at least 4 members (excludes halogenated alkanes) is 12. The van der Waals surface area contributed by atoms with Crippen LogP contribution >= 0.6 is 69.7 Å². The highest BCUT2D eigenvalue weighted by Crippen LogP contribution is 2.60. The van der Waals surface area contributed by atoms with Crippen molar-refractivity contribution in [2.75, 3.05) is 23.0 Å². The van der Waals surface area contributed by atoms with Crippen molar-refractivity contribution in [2.45, 2.75) is 170 Å². The Labute approximate surface area is 356 Å². The Morgan fingerprint density at radius 3 is 1.00 bits per heavy atom. The van der Waals surface area contributed by atoms with E-state index in [9.17, 15) is 0 Å². The van der Waals surface area contributed by atoms with E-state index in [4.69, 9.17) is 0 Å². The summed E-state index contributed by atoms with van der Waals surface area (Å²) in [5.41, 5.74) is 12.2. The molecular weight excluding hydrogens is 769 g/mol. The maximum Gasteiger partial charge on any atom is 0.0486 e. The quantitative estimate of drug-likeness (QED) is 0.0509. The Bertz CT molecular complexity index is 1520. The summed E-state index contributed by atoms with van der Waals surface area (Å²) < 4.78 is 3.18. The first-order valence-corrected chi connectivity index (χ1v) is 27.4. The summed E-state index contributed by atoms with van der Waals surface area (Å²) in [5, 5.41) is 0. The van der Waals surface area contributed by atoms with Crippen LogP contribution in [0.5, 0.6) is 0 Å². The Kier molecular flexibility index (Phi) is 19.1. The van der Waals surface area contributed by atoms with Crippen molar-refractivity contribution < 1.29 is 0 Å². The van der Waals surface area contributed by atoms with Crippen LogP contribution in [-0.4, -0.2) is 23.0 Å². The van der Waals surface area contributed by atoms with Gasteiger partial charge in [0.15, 0.2) is 0 Å².